The van der Waals surface area contributed by atoms with E-state index >= 15 is 0 Å². The van der Waals surface area contributed by atoms with Gasteiger partial charge in [0, 0.05) is 12.4 Å². The number of halogens is 1. The monoisotopic (exact) mass is 279 g/mol. The molecule has 0 radical (unpaired) electrons. The molecule has 0 saturated heterocycles. The molecule has 2 aromatic heterocycles. The van der Waals surface area contributed by atoms with Crippen LogP contribution >= 0.6 is 11.6 Å². The maximum atomic E-state index is 5.90. The van der Waals surface area contributed by atoms with Crippen molar-refractivity contribution in [3.05, 3.63) is 23.7 Å². The first-order valence-electron chi connectivity index (χ1n) is 6.39. The summed E-state index contributed by atoms with van der Waals surface area (Å²) in [7, 11) is 0. The van der Waals surface area contributed by atoms with E-state index in [2.05, 4.69) is 20.1 Å². The van der Waals surface area contributed by atoms with Gasteiger partial charge in [-0.1, -0.05) is 6.42 Å². The van der Waals surface area contributed by atoms with Crippen molar-refractivity contribution in [2.24, 2.45) is 0 Å². The van der Waals surface area contributed by atoms with Crippen LogP contribution in [0.2, 0.25) is 5.28 Å². The van der Waals surface area contributed by atoms with Gasteiger partial charge in [0.05, 0.1) is 0 Å². The molecule has 1 aliphatic carbocycles. The zero-order valence-electron chi connectivity index (χ0n) is 10.4. The summed E-state index contributed by atoms with van der Waals surface area (Å²) in [5.41, 5.74) is 0. The Morgan fingerprint density at radius 1 is 1.16 bits per heavy atom. The summed E-state index contributed by atoms with van der Waals surface area (Å²) >= 11 is 5.90. The van der Waals surface area contributed by atoms with E-state index in [1.54, 1.807) is 18.5 Å². The molecule has 0 bridgehead atoms. The standard InChI is InChI=1S/C12H14ClN5O/c13-10-15-11(18-8-4-7-14-18)17-12(16-10)19-9-5-2-1-3-6-9/h4,7-9H,1-3,5-6H2. The van der Waals surface area contributed by atoms with Crippen LogP contribution in [-0.4, -0.2) is 30.8 Å². The van der Waals surface area contributed by atoms with Crippen LogP contribution in [0.4, 0.5) is 0 Å². The summed E-state index contributed by atoms with van der Waals surface area (Å²) in [4.78, 5) is 12.3. The molecule has 100 valence electrons. The maximum Gasteiger partial charge on any atom is 0.322 e. The van der Waals surface area contributed by atoms with Gasteiger partial charge in [-0.15, -0.1) is 0 Å². The third-order valence-corrected chi connectivity index (χ3v) is 3.28. The highest BCUT2D eigenvalue weighted by atomic mass is 35.5. The van der Waals surface area contributed by atoms with Crippen molar-refractivity contribution < 1.29 is 4.74 Å². The highest BCUT2D eigenvalue weighted by Gasteiger charge is 2.17. The lowest BCUT2D eigenvalue weighted by atomic mass is 9.98. The first-order chi connectivity index (χ1) is 9.31. The maximum absolute atomic E-state index is 5.90. The Labute approximate surface area is 115 Å². The SMILES string of the molecule is Clc1nc(OC2CCCCC2)nc(-n2cccn2)n1. The smallest absolute Gasteiger partial charge is 0.322 e. The molecule has 0 spiro atoms. The van der Waals surface area contributed by atoms with E-state index in [0.29, 0.717) is 5.95 Å². The Kier molecular flexibility index (Phi) is 3.59. The number of ether oxygens (including phenoxy) is 1. The summed E-state index contributed by atoms with van der Waals surface area (Å²) in [6.45, 7) is 0. The Morgan fingerprint density at radius 3 is 2.74 bits per heavy atom. The molecule has 1 aliphatic rings. The minimum Gasteiger partial charge on any atom is -0.460 e. The van der Waals surface area contributed by atoms with Crippen LogP contribution in [0.1, 0.15) is 32.1 Å². The Hall–Kier alpha value is -1.69. The van der Waals surface area contributed by atoms with Crippen molar-refractivity contribution in [1.82, 2.24) is 24.7 Å². The number of aromatic nitrogens is 5. The first-order valence-corrected chi connectivity index (χ1v) is 6.77. The molecular formula is C12H14ClN5O. The fourth-order valence-electron chi connectivity index (χ4n) is 2.20. The quantitative estimate of drug-likeness (QED) is 0.863. The predicted molar refractivity (Wildman–Crippen MR) is 69.5 cm³/mol. The molecule has 1 saturated carbocycles. The van der Waals surface area contributed by atoms with Gasteiger partial charge in [0.1, 0.15) is 6.10 Å². The molecule has 1 fully saturated rings. The first kappa shape index (κ1) is 12.3. The second-order valence-corrected chi connectivity index (χ2v) is 4.85. The van der Waals surface area contributed by atoms with E-state index < -0.39 is 0 Å². The van der Waals surface area contributed by atoms with Crippen LogP contribution in [0.15, 0.2) is 18.5 Å². The number of hydrogen-bond donors (Lipinski definition) is 0. The van der Waals surface area contributed by atoms with Crippen molar-refractivity contribution >= 4 is 11.6 Å². The normalized spacial score (nSPS) is 16.5. The van der Waals surface area contributed by atoms with Gasteiger partial charge >= 0.3 is 6.01 Å². The lowest BCUT2D eigenvalue weighted by molar-refractivity contribution is 0.141. The van der Waals surface area contributed by atoms with Crippen LogP contribution in [0.25, 0.3) is 5.95 Å². The van der Waals surface area contributed by atoms with Gasteiger partial charge in [-0.25, -0.2) is 4.68 Å². The van der Waals surface area contributed by atoms with Crippen molar-refractivity contribution in [2.75, 3.05) is 0 Å². The average molecular weight is 280 g/mol. The second kappa shape index (κ2) is 5.52. The summed E-state index contributed by atoms with van der Waals surface area (Å²) in [6.07, 6.45) is 9.31. The number of rotatable bonds is 3. The van der Waals surface area contributed by atoms with E-state index in [4.69, 9.17) is 16.3 Å². The van der Waals surface area contributed by atoms with Crippen molar-refractivity contribution in [1.29, 1.82) is 0 Å². The molecule has 0 aromatic carbocycles. The summed E-state index contributed by atoms with van der Waals surface area (Å²) in [5, 5.41) is 4.18. The fourth-order valence-corrected chi connectivity index (χ4v) is 2.34. The average Bonchev–Trinajstić information content (AvgIpc) is 2.93. The van der Waals surface area contributed by atoms with Crippen LogP contribution in [0.5, 0.6) is 6.01 Å². The number of hydrogen-bond acceptors (Lipinski definition) is 5. The largest absolute Gasteiger partial charge is 0.460 e. The minimum atomic E-state index is 0.117. The molecule has 6 nitrogen and oxygen atoms in total. The van der Waals surface area contributed by atoms with Gasteiger partial charge in [-0.05, 0) is 43.4 Å². The van der Waals surface area contributed by atoms with Crippen molar-refractivity contribution in [3.8, 4) is 12.0 Å². The molecule has 0 amide bonds. The van der Waals surface area contributed by atoms with Crippen LogP contribution in [-0.2, 0) is 0 Å². The van der Waals surface area contributed by atoms with Gasteiger partial charge in [0.2, 0.25) is 5.28 Å². The lowest BCUT2D eigenvalue weighted by Gasteiger charge is -2.21. The molecule has 0 aliphatic heterocycles. The van der Waals surface area contributed by atoms with E-state index in [1.807, 2.05) is 0 Å². The highest BCUT2D eigenvalue weighted by Crippen LogP contribution is 2.22. The van der Waals surface area contributed by atoms with Gasteiger partial charge in [0.25, 0.3) is 5.95 Å². The van der Waals surface area contributed by atoms with Crippen molar-refractivity contribution in [2.45, 2.75) is 38.2 Å². The molecular weight excluding hydrogens is 266 g/mol. The molecule has 7 heteroatoms. The van der Waals surface area contributed by atoms with Gasteiger partial charge in [-0.3, -0.25) is 0 Å². The van der Waals surface area contributed by atoms with Gasteiger partial charge in [0.15, 0.2) is 0 Å². The third kappa shape index (κ3) is 3.01. The third-order valence-electron chi connectivity index (χ3n) is 3.11. The van der Waals surface area contributed by atoms with Gasteiger partial charge < -0.3 is 4.74 Å². The molecule has 19 heavy (non-hydrogen) atoms. The Morgan fingerprint density at radius 2 is 2.00 bits per heavy atom. The number of nitrogens with zero attached hydrogens (tertiary/aromatic N) is 5. The second-order valence-electron chi connectivity index (χ2n) is 4.52. The molecule has 0 N–H and O–H groups in total. The van der Waals surface area contributed by atoms with E-state index in [9.17, 15) is 0 Å². The summed E-state index contributed by atoms with van der Waals surface area (Å²) in [5.74, 6) is 0.371. The summed E-state index contributed by atoms with van der Waals surface area (Å²) < 4.78 is 7.32. The van der Waals surface area contributed by atoms with Gasteiger partial charge in [-0.2, -0.15) is 20.1 Å². The predicted octanol–water partition coefficient (Wildman–Crippen LogP) is 2.42. The summed E-state index contributed by atoms with van der Waals surface area (Å²) in [6, 6.07) is 2.07. The van der Waals surface area contributed by atoms with Crippen LogP contribution in [0, 0.1) is 0 Å². The molecule has 0 unspecified atom stereocenters. The molecule has 3 rings (SSSR count). The zero-order chi connectivity index (χ0) is 13.1. The van der Waals surface area contributed by atoms with E-state index in [1.165, 1.54) is 23.9 Å². The molecule has 0 atom stereocenters. The molecule has 2 aromatic rings. The van der Waals surface area contributed by atoms with Crippen LogP contribution in [0.3, 0.4) is 0 Å². The topological polar surface area (TPSA) is 65.7 Å². The van der Waals surface area contributed by atoms with E-state index in [-0.39, 0.29) is 17.4 Å². The Bertz CT molecular complexity index is 539. The van der Waals surface area contributed by atoms with Crippen LogP contribution < -0.4 is 4.74 Å². The minimum absolute atomic E-state index is 0.117. The fraction of sp³-hybridized carbons (Fsp3) is 0.500. The molecule has 2 heterocycles. The lowest BCUT2D eigenvalue weighted by Crippen LogP contribution is -2.21. The van der Waals surface area contributed by atoms with E-state index in [0.717, 1.165) is 12.8 Å². The Balaban J connectivity index is 1.81. The highest BCUT2D eigenvalue weighted by molar-refractivity contribution is 6.28. The van der Waals surface area contributed by atoms with Crippen molar-refractivity contribution in [3.63, 3.8) is 0 Å². The zero-order valence-corrected chi connectivity index (χ0v) is 11.1.